The van der Waals surface area contributed by atoms with Crippen molar-refractivity contribution in [2.24, 2.45) is 0 Å². The van der Waals surface area contributed by atoms with Gasteiger partial charge < -0.3 is 10.6 Å². The molecular weight excluding hydrogens is 420 g/mol. The minimum absolute atomic E-state index is 0.323. The van der Waals surface area contributed by atoms with Gasteiger partial charge in [-0.3, -0.25) is 4.98 Å². The number of hydrogen-bond acceptors (Lipinski definition) is 5. The number of rotatable bonds is 5. The standard InChI is InChI=1S/C17H15FIN5/c1-2-21-17-23-15(11-5-7-20-8-6-11)10-16(24-17)22-14-4-3-12(19)9-13(14)18/h3-10H,2H2,1H3,(H2,21,22,23,24). The minimum atomic E-state index is -0.323. The molecule has 0 saturated carbocycles. The first-order valence-electron chi connectivity index (χ1n) is 7.41. The van der Waals surface area contributed by atoms with E-state index in [2.05, 4.69) is 48.2 Å². The Kier molecular flexibility index (Phi) is 5.19. The van der Waals surface area contributed by atoms with Crippen molar-refractivity contribution < 1.29 is 4.39 Å². The first kappa shape index (κ1) is 16.6. The van der Waals surface area contributed by atoms with Crippen molar-refractivity contribution in [1.82, 2.24) is 15.0 Å². The summed E-state index contributed by atoms with van der Waals surface area (Å²) in [6, 6.07) is 10.5. The molecule has 0 aliphatic heterocycles. The molecule has 1 aromatic carbocycles. The summed E-state index contributed by atoms with van der Waals surface area (Å²) >= 11 is 2.07. The van der Waals surface area contributed by atoms with Crippen molar-refractivity contribution in [3.8, 4) is 11.3 Å². The number of nitrogens with zero attached hydrogens (tertiary/aromatic N) is 3. The van der Waals surface area contributed by atoms with Crippen LogP contribution in [0.1, 0.15) is 6.92 Å². The minimum Gasteiger partial charge on any atom is -0.354 e. The third-order valence-corrected chi connectivity index (χ3v) is 3.90. The van der Waals surface area contributed by atoms with Crippen molar-refractivity contribution in [3.63, 3.8) is 0 Å². The van der Waals surface area contributed by atoms with E-state index in [0.29, 0.717) is 24.0 Å². The van der Waals surface area contributed by atoms with Crippen LogP contribution in [0.4, 0.5) is 21.8 Å². The third-order valence-electron chi connectivity index (χ3n) is 3.23. The van der Waals surface area contributed by atoms with E-state index < -0.39 is 0 Å². The Morgan fingerprint density at radius 3 is 2.58 bits per heavy atom. The molecule has 0 fully saturated rings. The van der Waals surface area contributed by atoms with Gasteiger partial charge in [0, 0.05) is 34.1 Å². The average Bonchev–Trinajstić information content (AvgIpc) is 2.58. The Balaban J connectivity index is 1.99. The van der Waals surface area contributed by atoms with Gasteiger partial charge in [0.25, 0.3) is 0 Å². The molecule has 3 aromatic rings. The molecule has 7 heteroatoms. The molecule has 0 radical (unpaired) electrons. The number of anilines is 3. The van der Waals surface area contributed by atoms with Crippen LogP contribution in [0.2, 0.25) is 0 Å². The van der Waals surface area contributed by atoms with Crippen LogP contribution in [-0.4, -0.2) is 21.5 Å². The molecule has 24 heavy (non-hydrogen) atoms. The van der Waals surface area contributed by atoms with Crippen molar-refractivity contribution >= 4 is 40.0 Å². The van der Waals surface area contributed by atoms with Crippen molar-refractivity contribution in [3.05, 3.63) is 58.2 Å². The Bertz CT molecular complexity index is 842. The highest BCUT2D eigenvalue weighted by molar-refractivity contribution is 14.1. The van der Waals surface area contributed by atoms with Gasteiger partial charge in [0.15, 0.2) is 0 Å². The predicted molar refractivity (Wildman–Crippen MR) is 102 cm³/mol. The summed E-state index contributed by atoms with van der Waals surface area (Å²) in [5.41, 5.74) is 2.02. The smallest absolute Gasteiger partial charge is 0.225 e. The maximum absolute atomic E-state index is 14.1. The number of benzene rings is 1. The Labute approximate surface area is 152 Å². The quantitative estimate of drug-likeness (QED) is 0.580. The van der Waals surface area contributed by atoms with E-state index in [4.69, 9.17) is 0 Å². The fourth-order valence-electron chi connectivity index (χ4n) is 2.15. The fraction of sp³-hybridized carbons (Fsp3) is 0.118. The van der Waals surface area contributed by atoms with Gasteiger partial charge in [0.2, 0.25) is 5.95 Å². The maximum Gasteiger partial charge on any atom is 0.225 e. The van der Waals surface area contributed by atoms with Crippen LogP contribution in [0, 0.1) is 9.39 Å². The van der Waals surface area contributed by atoms with Crippen LogP contribution in [0.15, 0.2) is 48.8 Å². The second-order valence-corrected chi connectivity index (χ2v) is 6.22. The van der Waals surface area contributed by atoms with Gasteiger partial charge in [-0.15, -0.1) is 0 Å². The fourth-order valence-corrected chi connectivity index (χ4v) is 2.60. The number of nitrogens with one attached hydrogen (secondary N) is 2. The molecule has 2 heterocycles. The second kappa shape index (κ2) is 7.52. The molecule has 0 aliphatic carbocycles. The van der Waals surface area contributed by atoms with E-state index in [1.54, 1.807) is 24.5 Å². The van der Waals surface area contributed by atoms with Gasteiger partial charge in [-0.1, -0.05) is 0 Å². The molecule has 0 amide bonds. The summed E-state index contributed by atoms with van der Waals surface area (Å²) in [4.78, 5) is 12.9. The largest absolute Gasteiger partial charge is 0.354 e. The van der Waals surface area contributed by atoms with E-state index >= 15 is 0 Å². The molecule has 0 spiro atoms. The number of halogens is 2. The normalized spacial score (nSPS) is 10.5. The van der Waals surface area contributed by atoms with Crippen LogP contribution in [0.5, 0.6) is 0 Å². The van der Waals surface area contributed by atoms with E-state index in [-0.39, 0.29) is 5.82 Å². The Morgan fingerprint density at radius 2 is 1.88 bits per heavy atom. The van der Waals surface area contributed by atoms with Gasteiger partial charge in [0.1, 0.15) is 11.6 Å². The molecule has 2 N–H and O–H groups in total. The zero-order valence-corrected chi connectivity index (χ0v) is 15.1. The van der Waals surface area contributed by atoms with E-state index in [0.717, 1.165) is 14.8 Å². The first-order valence-corrected chi connectivity index (χ1v) is 8.49. The SMILES string of the molecule is CCNc1nc(Nc2ccc(I)cc2F)cc(-c2ccncc2)n1. The van der Waals surface area contributed by atoms with Crippen LogP contribution >= 0.6 is 22.6 Å². The summed E-state index contributed by atoms with van der Waals surface area (Å²) in [5, 5.41) is 6.12. The van der Waals surface area contributed by atoms with Crippen molar-refractivity contribution in [2.75, 3.05) is 17.2 Å². The summed E-state index contributed by atoms with van der Waals surface area (Å²) in [5.74, 6) is 0.684. The molecule has 0 atom stereocenters. The van der Waals surface area contributed by atoms with E-state index in [1.807, 2.05) is 25.1 Å². The molecule has 0 unspecified atom stereocenters. The second-order valence-electron chi connectivity index (χ2n) is 4.98. The van der Waals surface area contributed by atoms with Crippen LogP contribution < -0.4 is 10.6 Å². The van der Waals surface area contributed by atoms with Crippen molar-refractivity contribution in [1.29, 1.82) is 0 Å². The van der Waals surface area contributed by atoms with Crippen LogP contribution in [0.25, 0.3) is 11.3 Å². The molecule has 2 aromatic heterocycles. The van der Waals surface area contributed by atoms with Gasteiger partial charge in [-0.25, -0.2) is 9.37 Å². The highest BCUT2D eigenvalue weighted by atomic mass is 127. The monoisotopic (exact) mass is 435 g/mol. The van der Waals surface area contributed by atoms with Gasteiger partial charge in [0.05, 0.1) is 11.4 Å². The Hall–Kier alpha value is -2.29. The van der Waals surface area contributed by atoms with Gasteiger partial charge in [-0.05, 0) is 59.8 Å². The molecule has 122 valence electrons. The predicted octanol–water partition coefficient (Wildman–Crippen LogP) is 4.46. The van der Waals surface area contributed by atoms with Crippen molar-refractivity contribution in [2.45, 2.75) is 6.92 Å². The summed E-state index contributed by atoms with van der Waals surface area (Å²) < 4.78 is 14.9. The zero-order chi connectivity index (χ0) is 16.9. The summed E-state index contributed by atoms with van der Waals surface area (Å²) in [6.45, 7) is 2.66. The van der Waals surface area contributed by atoms with Gasteiger partial charge in [-0.2, -0.15) is 4.98 Å². The van der Waals surface area contributed by atoms with E-state index in [1.165, 1.54) is 6.07 Å². The highest BCUT2D eigenvalue weighted by Gasteiger charge is 2.09. The van der Waals surface area contributed by atoms with Crippen LogP contribution in [-0.2, 0) is 0 Å². The topological polar surface area (TPSA) is 62.7 Å². The first-order chi connectivity index (χ1) is 11.7. The van der Waals surface area contributed by atoms with E-state index in [9.17, 15) is 4.39 Å². The molecule has 0 bridgehead atoms. The molecule has 5 nitrogen and oxygen atoms in total. The van der Waals surface area contributed by atoms with Crippen LogP contribution in [0.3, 0.4) is 0 Å². The average molecular weight is 435 g/mol. The summed E-state index contributed by atoms with van der Waals surface area (Å²) in [7, 11) is 0. The van der Waals surface area contributed by atoms with Gasteiger partial charge >= 0.3 is 0 Å². The lowest BCUT2D eigenvalue weighted by Gasteiger charge is -2.11. The molecular formula is C17H15FIN5. The molecule has 0 saturated heterocycles. The zero-order valence-electron chi connectivity index (χ0n) is 12.9. The highest BCUT2D eigenvalue weighted by Crippen LogP contribution is 2.25. The third kappa shape index (κ3) is 3.97. The Morgan fingerprint density at radius 1 is 1.08 bits per heavy atom. The number of hydrogen-bond donors (Lipinski definition) is 2. The summed E-state index contributed by atoms with van der Waals surface area (Å²) in [6.07, 6.45) is 3.41. The molecule has 3 rings (SSSR count). The number of aromatic nitrogens is 3. The number of pyridine rings is 1. The molecule has 0 aliphatic rings. The lowest BCUT2D eigenvalue weighted by molar-refractivity contribution is 0.631. The maximum atomic E-state index is 14.1. The lowest BCUT2D eigenvalue weighted by Crippen LogP contribution is -2.06. The lowest BCUT2D eigenvalue weighted by atomic mass is 10.2.